The Bertz CT molecular complexity index is 1340. The highest BCUT2D eigenvalue weighted by atomic mass is 16.5. The lowest BCUT2D eigenvalue weighted by Crippen LogP contribution is -2.28. The number of methoxy groups -OCH3 is 1. The molecule has 2 N–H and O–H groups in total. The van der Waals surface area contributed by atoms with Gasteiger partial charge in [-0.2, -0.15) is 0 Å². The number of ether oxygens (including phenoxy) is 1. The maximum Gasteiger partial charge on any atom is 0.256 e. The second kappa shape index (κ2) is 8.70. The number of H-pyrrole nitrogens is 1. The zero-order valence-electron chi connectivity index (χ0n) is 18.6. The van der Waals surface area contributed by atoms with Crippen LogP contribution in [0.3, 0.4) is 0 Å². The van der Waals surface area contributed by atoms with Crippen molar-refractivity contribution < 1.29 is 9.53 Å². The average molecular weight is 431 g/mol. The molecule has 0 saturated carbocycles. The molecule has 0 bridgehead atoms. The Morgan fingerprint density at radius 3 is 2.66 bits per heavy atom. The molecule has 3 heterocycles. The number of aromatic amines is 1. The standard InChI is InChI=1S/C25H26N4O3/c1-15-13-21(32-4)20(24(30)28-15)14-27-25(31)22-17(3)29(23-19(22)11-8-12-26-23)16(2)18-9-6-5-7-10-18/h5-13,16H,14H2,1-4H3,(H,27,31)(H,28,30). The Kier molecular flexibility index (Phi) is 5.81. The molecule has 7 nitrogen and oxygen atoms in total. The molecular formula is C25H26N4O3. The van der Waals surface area contributed by atoms with Crippen LogP contribution >= 0.6 is 0 Å². The van der Waals surface area contributed by atoms with E-state index < -0.39 is 0 Å². The molecule has 3 aromatic heterocycles. The van der Waals surface area contributed by atoms with Crippen LogP contribution in [0.25, 0.3) is 11.0 Å². The van der Waals surface area contributed by atoms with Crippen LogP contribution in [-0.2, 0) is 6.54 Å². The summed E-state index contributed by atoms with van der Waals surface area (Å²) in [4.78, 5) is 33.0. The third kappa shape index (κ3) is 3.77. The number of hydrogen-bond acceptors (Lipinski definition) is 4. The number of nitrogens with zero attached hydrogens (tertiary/aromatic N) is 2. The van der Waals surface area contributed by atoms with Crippen LogP contribution in [0, 0.1) is 13.8 Å². The van der Waals surface area contributed by atoms with Gasteiger partial charge in [-0.25, -0.2) is 4.98 Å². The van der Waals surface area contributed by atoms with Gasteiger partial charge in [0.1, 0.15) is 11.4 Å². The molecule has 4 aromatic rings. The molecule has 164 valence electrons. The van der Waals surface area contributed by atoms with E-state index in [0.29, 0.717) is 22.6 Å². The largest absolute Gasteiger partial charge is 0.496 e. The van der Waals surface area contributed by atoms with Gasteiger partial charge in [-0.1, -0.05) is 30.3 Å². The van der Waals surface area contributed by atoms with E-state index in [4.69, 9.17) is 4.74 Å². The molecule has 0 aliphatic heterocycles. The van der Waals surface area contributed by atoms with Crippen LogP contribution in [0.5, 0.6) is 5.75 Å². The fraction of sp³-hybridized carbons (Fsp3) is 0.240. The highest BCUT2D eigenvalue weighted by Crippen LogP contribution is 2.30. The predicted octanol–water partition coefficient (Wildman–Crippen LogP) is 3.89. The van der Waals surface area contributed by atoms with Crippen molar-refractivity contribution in [3.05, 3.63) is 93.2 Å². The van der Waals surface area contributed by atoms with E-state index in [1.165, 1.54) is 7.11 Å². The monoisotopic (exact) mass is 430 g/mol. The number of rotatable bonds is 6. The molecule has 0 fully saturated rings. The summed E-state index contributed by atoms with van der Waals surface area (Å²) in [7, 11) is 1.51. The molecule has 0 aliphatic rings. The number of amides is 1. The molecule has 32 heavy (non-hydrogen) atoms. The Morgan fingerprint density at radius 2 is 1.94 bits per heavy atom. The lowest BCUT2D eigenvalue weighted by Gasteiger charge is -2.17. The van der Waals surface area contributed by atoms with Crippen molar-refractivity contribution in [2.24, 2.45) is 0 Å². The fourth-order valence-corrected chi connectivity index (χ4v) is 4.19. The van der Waals surface area contributed by atoms with Gasteiger partial charge in [0.25, 0.3) is 11.5 Å². The van der Waals surface area contributed by atoms with Gasteiger partial charge in [0, 0.05) is 23.0 Å². The molecular weight excluding hydrogens is 404 g/mol. The van der Waals surface area contributed by atoms with Crippen molar-refractivity contribution in [3.63, 3.8) is 0 Å². The average Bonchev–Trinajstić information content (AvgIpc) is 3.09. The SMILES string of the molecule is COc1cc(C)[nH]c(=O)c1CNC(=O)c1c(C)n(C(C)c2ccccc2)c2ncccc12. The molecule has 0 saturated heterocycles. The quantitative estimate of drug-likeness (QED) is 0.486. The number of pyridine rings is 2. The summed E-state index contributed by atoms with van der Waals surface area (Å²) in [6.45, 7) is 5.85. The summed E-state index contributed by atoms with van der Waals surface area (Å²) in [5.74, 6) is 0.187. The van der Waals surface area contributed by atoms with Crippen molar-refractivity contribution in [1.29, 1.82) is 0 Å². The number of benzene rings is 1. The van der Waals surface area contributed by atoms with Crippen molar-refractivity contribution in [1.82, 2.24) is 19.9 Å². The second-order valence-electron chi connectivity index (χ2n) is 7.80. The highest BCUT2D eigenvalue weighted by molar-refractivity contribution is 6.07. The third-order valence-corrected chi connectivity index (χ3v) is 5.78. The molecule has 1 unspecified atom stereocenters. The van der Waals surface area contributed by atoms with E-state index >= 15 is 0 Å². The van der Waals surface area contributed by atoms with Gasteiger partial charge in [-0.15, -0.1) is 0 Å². The van der Waals surface area contributed by atoms with E-state index in [9.17, 15) is 9.59 Å². The Balaban J connectivity index is 1.72. The van der Waals surface area contributed by atoms with Gasteiger partial charge in [-0.05, 0) is 44.5 Å². The first-order valence-corrected chi connectivity index (χ1v) is 10.5. The van der Waals surface area contributed by atoms with E-state index in [2.05, 4.69) is 38.9 Å². The lowest BCUT2D eigenvalue weighted by atomic mass is 10.1. The zero-order chi connectivity index (χ0) is 22.8. The molecule has 1 aromatic carbocycles. The van der Waals surface area contributed by atoms with Gasteiger partial charge in [0.15, 0.2) is 0 Å². The van der Waals surface area contributed by atoms with Crippen LogP contribution in [0.1, 0.15) is 45.8 Å². The molecule has 7 heteroatoms. The number of carbonyl (C=O) groups excluding carboxylic acids is 1. The van der Waals surface area contributed by atoms with Crippen molar-refractivity contribution >= 4 is 16.9 Å². The minimum Gasteiger partial charge on any atom is -0.496 e. The third-order valence-electron chi connectivity index (χ3n) is 5.78. The van der Waals surface area contributed by atoms with E-state index in [1.807, 2.05) is 37.3 Å². The van der Waals surface area contributed by atoms with Crippen molar-refractivity contribution in [2.45, 2.75) is 33.4 Å². The molecule has 1 atom stereocenters. The summed E-state index contributed by atoms with van der Waals surface area (Å²) >= 11 is 0. The normalized spacial score (nSPS) is 12.0. The lowest BCUT2D eigenvalue weighted by molar-refractivity contribution is 0.0951. The van der Waals surface area contributed by atoms with Gasteiger partial charge in [-0.3, -0.25) is 9.59 Å². The number of aromatic nitrogens is 3. The number of nitrogens with one attached hydrogen (secondary N) is 2. The van der Waals surface area contributed by atoms with E-state index in [0.717, 1.165) is 22.3 Å². The summed E-state index contributed by atoms with van der Waals surface area (Å²) < 4.78 is 7.42. The molecule has 4 rings (SSSR count). The molecule has 1 amide bonds. The summed E-state index contributed by atoms with van der Waals surface area (Å²) in [5, 5.41) is 3.67. The second-order valence-corrected chi connectivity index (χ2v) is 7.80. The predicted molar refractivity (Wildman–Crippen MR) is 124 cm³/mol. The van der Waals surface area contributed by atoms with Crippen LogP contribution in [0.2, 0.25) is 0 Å². The van der Waals surface area contributed by atoms with Crippen LogP contribution in [-0.4, -0.2) is 27.6 Å². The van der Waals surface area contributed by atoms with Gasteiger partial charge >= 0.3 is 0 Å². The highest BCUT2D eigenvalue weighted by Gasteiger charge is 2.24. The van der Waals surface area contributed by atoms with Gasteiger partial charge < -0.3 is 19.6 Å². The summed E-state index contributed by atoms with van der Waals surface area (Å²) in [6.07, 6.45) is 1.73. The topological polar surface area (TPSA) is 89.0 Å². The smallest absolute Gasteiger partial charge is 0.256 e. The number of aryl methyl sites for hydroxylation is 1. The van der Waals surface area contributed by atoms with Crippen molar-refractivity contribution in [2.75, 3.05) is 7.11 Å². The Morgan fingerprint density at radius 1 is 1.19 bits per heavy atom. The van der Waals surface area contributed by atoms with E-state index in [-0.39, 0.29) is 24.1 Å². The Labute approximate surface area is 186 Å². The maximum atomic E-state index is 13.3. The van der Waals surface area contributed by atoms with Crippen LogP contribution in [0.15, 0.2) is 59.5 Å². The number of fused-ring (bicyclic) bond motifs is 1. The summed E-state index contributed by atoms with van der Waals surface area (Å²) in [5.41, 5.74) is 4.04. The zero-order valence-corrected chi connectivity index (χ0v) is 18.6. The summed E-state index contributed by atoms with van der Waals surface area (Å²) in [6, 6.07) is 15.6. The number of hydrogen-bond donors (Lipinski definition) is 2. The van der Waals surface area contributed by atoms with Crippen LogP contribution in [0.4, 0.5) is 0 Å². The molecule has 0 aliphatic carbocycles. The first-order chi connectivity index (χ1) is 15.4. The fourth-order valence-electron chi connectivity index (χ4n) is 4.19. The van der Waals surface area contributed by atoms with Gasteiger partial charge in [0.2, 0.25) is 0 Å². The van der Waals surface area contributed by atoms with Crippen molar-refractivity contribution in [3.8, 4) is 5.75 Å². The first-order valence-electron chi connectivity index (χ1n) is 10.5. The Hall–Kier alpha value is -3.87. The number of carbonyl (C=O) groups is 1. The van der Waals surface area contributed by atoms with Crippen LogP contribution < -0.4 is 15.6 Å². The first kappa shape index (κ1) is 21.4. The van der Waals surface area contributed by atoms with Gasteiger partial charge in [0.05, 0.1) is 30.8 Å². The molecule has 0 spiro atoms. The maximum absolute atomic E-state index is 13.3. The molecule has 0 radical (unpaired) electrons. The minimum absolute atomic E-state index is 0.00446. The van der Waals surface area contributed by atoms with E-state index in [1.54, 1.807) is 19.2 Å². The minimum atomic E-state index is -0.277.